The molecule has 4 rings (SSSR count). The van der Waals surface area contributed by atoms with Gasteiger partial charge in [-0.15, -0.1) is 0 Å². The number of amides is 1. The van der Waals surface area contributed by atoms with Crippen molar-refractivity contribution in [2.45, 2.75) is 17.3 Å². The first-order chi connectivity index (χ1) is 19.5. The van der Waals surface area contributed by atoms with E-state index < -0.39 is 0 Å². The lowest BCUT2D eigenvalue weighted by molar-refractivity contribution is 0.0908. The van der Waals surface area contributed by atoms with Gasteiger partial charge in [-0.05, 0) is 36.2 Å². The highest BCUT2D eigenvalue weighted by molar-refractivity contribution is 7.98. The molecule has 1 amide bonds. The molecule has 9 nitrogen and oxygen atoms in total. The number of carbonyl (C=O) groups is 1. The highest BCUT2D eigenvalue weighted by atomic mass is 32.2. The Bertz CT molecular complexity index is 1400. The van der Waals surface area contributed by atoms with Crippen LogP contribution in [0.1, 0.15) is 21.9 Å². The van der Waals surface area contributed by atoms with E-state index in [-0.39, 0.29) is 11.7 Å². The molecule has 2 aromatic carbocycles. The number of methoxy groups -OCH3 is 3. The van der Waals surface area contributed by atoms with Gasteiger partial charge in [0.15, 0.2) is 22.4 Å². The second kappa shape index (κ2) is 14.4. The molecule has 0 aliphatic rings. The van der Waals surface area contributed by atoms with E-state index in [2.05, 4.69) is 10.2 Å². The first-order valence-electron chi connectivity index (χ1n) is 12.9. The van der Waals surface area contributed by atoms with E-state index in [9.17, 15) is 4.79 Å². The van der Waals surface area contributed by atoms with E-state index in [0.29, 0.717) is 41.3 Å². The maximum atomic E-state index is 12.2. The minimum Gasteiger partial charge on any atom is -0.493 e. The predicted molar refractivity (Wildman–Crippen MR) is 156 cm³/mol. The van der Waals surface area contributed by atoms with E-state index in [1.807, 2.05) is 61.6 Å². The number of thioether (sulfide) groups is 1. The van der Waals surface area contributed by atoms with Crippen molar-refractivity contribution in [3.8, 4) is 22.8 Å². The zero-order chi connectivity index (χ0) is 28.3. The van der Waals surface area contributed by atoms with E-state index >= 15 is 0 Å². The summed E-state index contributed by atoms with van der Waals surface area (Å²) in [6.07, 6.45) is 0.797. The van der Waals surface area contributed by atoms with Crippen molar-refractivity contribution in [1.29, 1.82) is 0 Å². The third-order valence-electron chi connectivity index (χ3n) is 6.16. The quantitative estimate of drug-likeness (QED) is 0.128. The topological polar surface area (TPSA) is 99.0 Å². The van der Waals surface area contributed by atoms with Crippen LogP contribution in [0.2, 0.25) is 0 Å². The Labute approximate surface area is 238 Å². The Kier molecular flexibility index (Phi) is 10.4. The van der Waals surface area contributed by atoms with Crippen molar-refractivity contribution in [2.75, 3.05) is 53.0 Å². The number of anilines is 1. The standard InChI is InChI=1S/C30H34N4O5S/c1-34(16-14-21-10-12-25(37-3)27(18-21)38-4)28-19-24(22-8-6-5-7-9-22)32-30(33-28)40-20-23-11-13-26(39-23)29(35)31-15-17-36-2/h5-13,18-19H,14-17,20H2,1-4H3,(H,31,35). The molecule has 0 saturated heterocycles. The number of benzene rings is 2. The molecule has 0 aliphatic heterocycles. The number of aromatic nitrogens is 2. The van der Waals surface area contributed by atoms with Crippen molar-refractivity contribution < 1.29 is 23.4 Å². The van der Waals surface area contributed by atoms with Crippen LogP contribution in [0.4, 0.5) is 5.82 Å². The van der Waals surface area contributed by atoms with Crippen molar-refractivity contribution in [3.63, 3.8) is 0 Å². The number of likely N-dealkylation sites (N-methyl/N-ethyl adjacent to an activating group) is 1. The third-order valence-corrected chi connectivity index (χ3v) is 7.03. The highest BCUT2D eigenvalue weighted by Gasteiger charge is 2.14. The van der Waals surface area contributed by atoms with Crippen LogP contribution in [-0.2, 0) is 16.9 Å². The van der Waals surface area contributed by atoms with Crippen molar-refractivity contribution in [3.05, 3.63) is 83.8 Å². The summed E-state index contributed by atoms with van der Waals surface area (Å²) < 4.78 is 21.5. The highest BCUT2D eigenvalue weighted by Crippen LogP contribution is 2.29. The molecule has 0 atom stereocenters. The first kappa shape index (κ1) is 29.0. The molecule has 0 unspecified atom stereocenters. The van der Waals surface area contributed by atoms with Gasteiger partial charge in [0.1, 0.15) is 11.6 Å². The molecule has 40 heavy (non-hydrogen) atoms. The van der Waals surface area contributed by atoms with Gasteiger partial charge in [-0.1, -0.05) is 48.2 Å². The monoisotopic (exact) mass is 562 g/mol. The van der Waals surface area contributed by atoms with Crippen LogP contribution in [0.15, 0.2) is 76.3 Å². The van der Waals surface area contributed by atoms with Crippen LogP contribution in [0.25, 0.3) is 11.3 Å². The van der Waals surface area contributed by atoms with E-state index in [1.54, 1.807) is 33.5 Å². The fourth-order valence-corrected chi connectivity index (χ4v) is 4.69. The fraction of sp³-hybridized carbons (Fsp3) is 0.300. The molecule has 4 aromatic rings. The number of hydrogen-bond acceptors (Lipinski definition) is 9. The van der Waals surface area contributed by atoms with Crippen LogP contribution >= 0.6 is 11.8 Å². The van der Waals surface area contributed by atoms with E-state index in [0.717, 1.165) is 35.6 Å². The lowest BCUT2D eigenvalue weighted by Gasteiger charge is -2.20. The molecule has 2 heterocycles. The van der Waals surface area contributed by atoms with Crippen LogP contribution in [-0.4, -0.2) is 63.9 Å². The van der Waals surface area contributed by atoms with Crippen LogP contribution in [0.3, 0.4) is 0 Å². The number of nitrogens with one attached hydrogen (secondary N) is 1. The Balaban J connectivity index is 1.48. The molecule has 0 saturated carbocycles. The summed E-state index contributed by atoms with van der Waals surface area (Å²) in [4.78, 5) is 24.0. The Morgan fingerprint density at radius 1 is 0.975 bits per heavy atom. The third kappa shape index (κ3) is 7.77. The normalized spacial score (nSPS) is 10.8. The van der Waals surface area contributed by atoms with Gasteiger partial charge < -0.3 is 28.8 Å². The van der Waals surface area contributed by atoms with E-state index in [4.69, 9.17) is 28.6 Å². The Morgan fingerprint density at radius 2 is 1.77 bits per heavy atom. The average molecular weight is 563 g/mol. The summed E-state index contributed by atoms with van der Waals surface area (Å²) in [5, 5.41) is 3.38. The molecule has 10 heteroatoms. The number of carbonyl (C=O) groups excluding carboxylic acids is 1. The zero-order valence-corrected chi connectivity index (χ0v) is 24.0. The maximum Gasteiger partial charge on any atom is 0.287 e. The first-order valence-corrected chi connectivity index (χ1v) is 13.8. The maximum absolute atomic E-state index is 12.2. The Hall–Kier alpha value is -4.02. The number of ether oxygens (including phenoxy) is 3. The van der Waals surface area contributed by atoms with Crippen molar-refractivity contribution in [1.82, 2.24) is 15.3 Å². The molecule has 0 radical (unpaired) electrons. The molecule has 0 fully saturated rings. The number of hydrogen-bond donors (Lipinski definition) is 1. The predicted octanol–water partition coefficient (Wildman–Crippen LogP) is 5.10. The minimum atomic E-state index is -0.269. The Morgan fingerprint density at radius 3 is 2.52 bits per heavy atom. The molecule has 0 aliphatic carbocycles. The second-order valence-electron chi connectivity index (χ2n) is 8.92. The molecule has 210 valence electrons. The number of furan rings is 1. The second-order valence-corrected chi connectivity index (χ2v) is 9.87. The van der Waals surface area contributed by atoms with Crippen molar-refractivity contribution >= 4 is 23.5 Å². The van der Waals surface area contributed by atoms with E-state index in [1.165, 1.54) is 11.8 Å². The summed E-state index contributed by atoms with van der Waals surface area (Å²) in [5.41, 5.74) is 2.98. The largest absolute Gasteiger partial charge is 0.493 e. The molecule has 1 N–H and O–H groups in total. The van der Waals surface area contributed by atoms with Gasteiger partial charge in [-0.3, -0.25) is 4.79 Å². The smallest absolute Gasteiger partial charge is 0.287 e. The summed E-state index contributed by atoms with van der Waals surface area (Å²) in [7, 11) is 6.88. The van der Waals surface area contributed by atoms with Crippen LogP contribution in [0, 0.1) is 0 Å². The van der Waals surface area contributed by atoms with Gasteiger partial charge in [0.2, 0.25) is 0 Å². The lowest BCUT2D eigenvalue weighted by Crippen LogP contribution is -2.26. The molecule has 2 aromatic heterocycles. The minimum absolute atomic E-state index is 0.265. The molecular weight excluding hydrogens is 528 g/mol. The van der Waals surface area contributed by atoms with Gasteiger partial charge in [-0.2, -0.15) is 0 Å². The molecule has 0 spiro atoms. The SMILES string of the molecule is COCCNC(=O)c1ccc(CSc2nc(-c3ccccc3)cc(N(C)CCc3ccc(OC)c(OC)c3)n2)o1. The van der Waals surface area contributed by atoms with Crippen LogP contribution < -0.4 is 19.7 Å². The zero-order valence-electron chi connectivity index (χ0n) is 23.2. The van der Waals surface area contributed by atoms with Gasteiger partial charge in [0.25, 0.3) is 5.91 Å². The van der Waals surface area contributed by atoms with Gasteiger partial charge in [-0.25, -0.2) is 9.97 Å². The van der Waals surface area contributed by atoms with Crippen molar-refractivity contribution in [2.24, 2.45) is 0 Å². The molecular formula is C30H34N4O5S. The van der Waals surface area contributed by atoms with Gasteiger partial charge >= 0.3 is 0 Å². The summed E-state index contributed by atoms with van der Waals surface area (Å²) in [5.74, 6) is 3.38. The summed E-state index contributed by atoms with van der Waals surface area (Å²) in [6, 6.07) is 21.5. The lowest BCUT2D eigenvalue weighted by atomic mass is 10.1. The number of nitrogens with zero attached hydrogens (tertiary/aromatic N) is 3. The number of rotatable bonds is 14. The summed E-state index contributed by atoms with van der Waals surface area (Å²) in [6.45, 7) is 1.60. The van der Waals surface area contributed by atoms with Crippen LogP contribution in [0.5, 0.6) is 11.5 Å². The van der Waals surface area contributed by atoms with Gasteiger partial charge in [0, 0.05) is 38.9 Å². The average Bonchev–Trinajstić information content (AvgIpc) is 3.48. The fourth-order valence-electron chi connectivity index (χ4n) is 3.94. The molecule has 0 bridgehead atoms. The summed E-state index contributed by atoms with van der Waals surface area (Å²) >= 11 is 1.46. The van der Waals surface area contributed by atoms with Gasteiger partial charge in [0.05, 0.1) is 32.3 Å².